The Kier molecular flexibility index (Phi) is 5.82. The van der Waals surface area contributed by atoms with E-state index in [0.717, 1.165) is 0 Å². The van der Waals surface area contributed by atoms with E-state index in [9.17, 15) is 24.5 Å². The van der Waals surface area contributed by atoms with Crippen molar-refractivity contribution in [2.75, 3.05) is 26.2 Å². The van der Waals surface area contributed by atoms with E-state index in [0.29, 0.717) is 31.1 Å². The largest absolute Gasteiger partial charge is 0.338 e. The van der Waals surface area contributed by atoms with E-state index in [2.05, 4.69) is 10.1 Å². The van der Waals surface area contributed by atoms with E-state index in [1.165, 1.54) is 51.3 Å². The average molecular weight is 494 g/mol. The third kappa shape index (κ3) is 4.17. The van der Waals surface area contributed by atoms with Crippen LogP contribution in [0.2, 0.25) is 0 Å². The summed E-state index contributed by atoms with van der Waals surface area (Å²) in [7, 11) is 0. The molecule has 12 nitrogen and oxygen atoms in total. The molecule has 4 aromatic rings. The van der Waals surface area contributed by atoms with Crippen LogP contribution in [0.3, 0.4) is 0 Å². The first kappa shape index (κ1) is 22.4. The second kappa shape index (κ2) is 9.10. The smallest absolute Gasteiger partial charge is 0.294 e. The van der Waals surface area contributed by atoms with Crippen LogP contribution >= 0.6 is 11.3 Å². The summed E-state index contributed by atoms with van der Waals surface area (Å²) >= 11 is 1.38. The van der Waals surface area contributed by atoms with Gasteiger partial charge in [0.15, 0.2) is 5.65 Å². The monoisotopic (exact) mass is 493 g/mol. The van der Waals surface area contributed by atoms with Crippen molar-refractivity contribution in [3.05, 3.63) is 79.6 Å². The molecular formula is C22H19N7O5S. The van der Waals surface area contributed by atoms with Crippen molar-refractivity contribution in [3.63, 3.8) is 0 Å². The zero-order valence-corrected chi connectivity index (χ0v) is 19.1. The van der Waals surface area contributed by atoms with Crippen molar-refractivity contribution < 1.29 is 14.5 Å². The third-order valence-electron chi connectivity index (χ3n) is 5.82. The molecule has 5 rings (SSSR count). The molecule has 1 aromatic carbocycles. The van der Waals surface area contributed by atoms with Crippen LogP contribution in [0, 0.1) is 10.1 Å². The van der Waals surface area contributed by atoms with Gasteiger partial charge in [-0.3, -0.25) is 29.1 Å². The van der Waals surface area contributed by atoms with Crippen molar-refractivity contribution in [1.29, 1.82) is 0 Å². The number of nitro groups is 1. The van der Waals surface area contributed by atoms with Gasteiger partial charge in [-0.2, -0.15) is 5.10 Å². The van der Waals surface area contributed by atoms with Crippen LogP contribution in [0.4, 0.5) is 5.69 Å². The molecule has 0 unspecified atom stereocenters. The topological polar surface area (TPSA) is 136 Å². The van der Waals surface area contributed by atoms with Gasteiger partial charge in [0.2, 0.25) is 5.91 Å². The van der Waals surface area contributed by atoms with E-state index in [1.807, 2.05) is 11.4 Å². The number of rotatable bonds is 5. The Morgan fingerprint density at radius 3 is 2.51 bits per heavy atom. The number of carbonyl (C=O) groups excluding carboxylic acids is 2. The SMILES string of the molecule is O=C(Cn1cnc2c(cnn2-c2ccccc2[N+](=O)[O-])c1=O)N1CCN(C(=O)c2cccs2)CC1. The summed E-state index contributed by atoms with van der Waals surface area (Å²) in [6.45, 7) is 1.36. The lowest BCUT2D eigenvalue weighted by Gasteiger charge is -2.34. The first-order valence-corrected chi connectivity index (χ1v) is 11.6. The van der Waals surface area contributed by atoms with Gasteiger partial charge in [-0.05, 0) is 17.5 Å². The molecule has 178 valence electrons. The van der Waals surface area contributed by atoms with Crippen LogP contribution in [-0.2, 0) is 11.3 Å². The molecule has 0 saturated carbocycles. The fraction of sp³-hybridized carbons (Fsp3) is 0.227. The van der Waals surface area contributed by atoms with E-state index < -0.39 is 10.5 Å². The second-order valence-electron chi connectivity index (χ2n) is 7.87. The number of thiophene rings is 1. The molecule has 35 heavy (non-hydrogen) atoms. The van der Waals surface area contributed by atoms with E-state index in [-0.39, 0.29) is 40.8 Å². The van der Waals surface area contributed by atoms with Gasteiger partial charge in [-0.1, -0.05) is 18.2 Å². The highest BCUT2D eigenvalue weighted by Gasteiger charge is 2.26. The number of piperazine rings is 1. The molecule has 1 aliphatic heterocycles. The molecule has 1 aliphatic rings. The maximum Gasteiger partial charge on any atom is 0.294 e. The van der Waals surface area contributed by atoms with E-state index in [1.54, 1.807) is 21.9 Å². The molecule has 13 heteroatoms. The number of nitro benzene ring substituents is 1. The molecule has 0 atom stereocenters. The van der Waals surface area contributed by atoms with Crippen LogP contribution in [-0.4, -0.2) is 72.0 Å². The zero-order valence-electron chi connectivity index (χ0n) is 18.3. The van der Waals surface area contributed by atoms with Crippen molar-refractivity contribution >= 4 is 39.9 Å². The molecular weight excluding hydrogens is 474 g/mol. The summed E-state index contributed by atoms with van der Waals surface area (Å²) < 4.78 is 2.43. The van der Waals surface area contributed by atoms with Gasteiger partial charge in [0, 0.05) is 32.2 Å². The van der Waals surface area contributed by atoms with Gasteiger partial charge in [0.1, 0.15) is 23.9 Å². The fourth-order valence-corrected chi connectivity index (χ4v) is 4.69. The van der Waals surface area contributed by atoms with Gasteiger partial charge in [0.25, 0.3) is 17.2 Å². The number of carbonyl (C=O) groups is 2. The minimum Gasteiger partial charge on any atom is -0.338 e. The lowest BCUT2D eigenvalue weighted by atomic mass is 10.2. The summed E-state index contributed by atoms with van der Waals surface area (Å²) in [5, 5.41) is 17.5. The number of aromatic nitrogens is 4. The van der Waals surface area contributed by atoms with Crippen molar-refractivity contribution in [2.24, 2.45) is 0 Å². The quantitative estimate of drug-likeness (QED) is 0.304. The van der Waals surface area contributed by atoms with Crippen molar-refractivity contribution in [1.82, 2.24) is 29.1 Å². The normalized spacial score (nSPS) is 13.8. The molecule has 4 heterocycles. The predicted octanol–water partition coefficient (Wildman–Crippen LogP) is 1.54. The fourth-order valence-electron chi connectivity index (χ4n) is 4.00. The standard InChI is InChI=1S/C22H19N7O5S/c30-19(25-7-9-26(10-8-25)22(32)18-6-3-11-35-18)13-27-14-23-20-15(21(27)31)12-24-28(20)16-4-1-2-5-17(16)29(33)34/h1-6,11-12,14H,7-10,13H2. The van der Waals surface area contributed by atoms with Crippen LogP contribution < -0.4 is 5.56 Å². The lowest BCUT2D eigenvalue weighted by Crippen LogP contribution is -2.51. The number of para-hydroxylation sites is 2. The van der Waals surface area contributed by atoms with Crippen LogP contribution in [0.15, 0.2) is 59.1 Å². The predicted molar refractivity (Wildman–Crippen MR) is 127 cm³/mol. The van der Waals surface area contributed by atoms with Crippen molar-refractivity contribution in [3.8, 4) is 5.69 Å². The Bertz CT molecular complexity index is 1490. The van der Waals surface area contributed by atoms with Crippen LogP contribution in [0.5, 0.6) is 0 Å². The molecule has 0 radical (unpaired) electrons. The third-order valence-corrected chi connectivity index (χ3v) is 6.68. The molecule has 2 amide bonds. The number of hydrogen-bond donors (Lipinski definition) is 0. The summed E-state index contributed by atoms with van der Waals surface area (Å²) in [6, 6.07) is 9.63. The zero-order chi connectivity index (χ0) is 24.5. The highest BCUT2D eigenvalue weighted by atomic mass is 32.1. The molecule has 1 fully saturated rings. The maximum absolute atomic E-state index is 13.0. The number of fused-ring (bicyclic) bond motifs is 1. The first-order valence-electron chi connectivity index (χ1n) is 10.7. The highest BCUT2D eigenvalue weighted by molar-refractivity contribution is 7.12. The molecule has 0 N–H and O–H groups in total. The second-order valence-corrected chi connectivity index (χ2v) is 8.82. The summed E-state index contributed by atoms with van der Waals surface area (Å²) in [5.74, 6) is -0.309. The summed E-state index contributed by atoms with van der Waals surface area (Å²) in [4.78, 5) is 57.4. The number of nitrogens with zero attached hydrogens (tertiary/aromatic N) is 7. The Morgan fingerprint density at radius 2 is 1.80 bits per heavy atom. The molecule has 0 aliphatic carbocycles. The molecule has 1 saturated heterocycles. The van der Waals surface area contributed by atoms with Crippen LogP contribution in [0.1, 0.15) is 9.67 Å². The number of hydrogen-bond acceptors (Lipinski definition) is 8. The first-order chi connectivity index (χ1) is 16.9. The summed E-state index contributed by atoms with van der Waals surface area (Å²) in [6.07, 6.45) is 2.53. The van der Waals surface area contributed by atoms with Gasteiger partial charge in [-0.25, -0.2) is 9.67 Å². The average Bonchev–Trinajstić information content (AvgIpc) is 3.56. The Morgan fingerprint density at radius 1 is 1.06 bits per heavy atom. The van der Waals surface area contributed by atoms with Gasteiger partial charge < -0.3 is 9.80 Å². The Labute approximate surface area is 201 Å². The van der Waals surface area contributed by atoms with E-state index in [4.69, 9.17) is 0 Å². The van der Waals surface area contributed by atoms with Crippen molar-refractivity contribution in [2.45, 2.75) is 6.54 Å². The lowest BCUT2D eigenvalue weighted by molar-refractivity contribution is -0.384. The van der Waals surface area contributed by atoms with Gasteiger partial charge >= 0.3 is 0 Å². The van der Waals surface area contributed by atoms with E-state index >= 15 is 0 Å². The number of benzene rings is 1. The Balaban J connectivity index is 1.31. The highest BCUT2D eigenvalue weighted by Crippen LogP contribution is 2.24. The van der Waals surface area contributed by atoms with Crippen LogP contribution in [0.25, 0.3) is 16.7 Å². The Hall–Kier alpha value is -4.39. The minimum absolute atomic E-state index is 0.0476. The summed E-state index contributed by atoms with van der Waals surface area (Å²) in [5.41, 5.74) is -0.299. The molecule has 0 spiro atoms. The minimum atomic E-state index is -0.531. The number of amides is 2. The molecule has 3 aromatic heterocycles. The van der Waals surface area contributed by atoms with Gasteiger partial charge in [0.05, 0.1) is 16.0 Å². The maximum atomic E-state index is 13.0. The molecule has 0 bridgehead atoms. The van der Waals surface area contributed by atoms with Gasteiger partial charge in [-0.15, -0.1) is 11.3 Å².